The molecule has 5 nitrogen and oxygen atoms in total. The number of aromatic nitrogens is 1. The molecule has 0 fully saturated rings. The first-order chi connectivity index (χ1) is 6.27. The standard InChI is InChI=1S/C8H8N4O/c9-7(13)5-3-6-8(12-4-5)11-2-1-10-6/h2-4,10H,1H2,(H2,9,13). The van der Waals surface area contributed by atoms with Gasteiger partial charge in [-0.2, -0.15) is 0 Å². The Kier molecular flexibility index (Phi) is 1.70. The molecule has 0 aromatic carbocycles. The van der Waals surface area contributed by atoms with Gasteiger partial charge >= 0.3 is 0 Å². The number of hydrogen-bond donors (Lipinski definition) is 2. The van der Waals surface area contributed by atoms with Gasteiger partial charge in [0.15, 0.2) is 5.82 Å². The van der Waals surface area contributed by atoms with Crippen LogP contribution >= 0.6 is 0 Å². The summed E-state index contributed by atoms with van der Waals surface area (Å²) in [6.07, 6.45) is 3.14. The molecule has 2 rings (SSSR count). The second kappa shape index (κ2) is 2.85. The molecular weight excluding hydrogens is 168 g/mol. The van der Waals surface area contributed by atoms with Gasteiger partial charge in [0.25, 0.3) is 0 Å². The molecule has 1 aliphatic heterocycles. The lowest BCUT2D eigenvalue weighted by molar-refractivity contribution is 0.1000. The number of fused-ring (bicyclic) bond motifs is 1. The SMILES string of the molecule is NC(=O)c1cnc2c(c1)NCC=N2. The van der Waals surface area contributed by atoms with E-state index in [0.717, 1.165) is 5.69 Å². The van der Waals surface area contributed by atoms with Gasteiger partial charge in [0.2, 0.25) is 5.91 Å². The lowest BCUT2D eigenvalue weighted by Crippen LogP contribution is -2.13. The fourth-order valence-corrected chi connectivity index (χ4v) is 1.11. The second-order valence-electron chi connectivity index (χ2n) is 2.65. The van der Waals surface area contributed by atoms with E-state index in [0.29, 0.717) is 17.9 Å². The monoisotopic (exact) mass is 176 g/mol. The lowest BCUT2D eigenvalue weighted by Gasteiger charge is -2.11. The highest BCUT2D eigenvalue weighted by Crippen LogP contribution is 2.24. The molecule has 2 heterocycles. The number of rotatable bonds is 1. The third kappa shape index (κ3) is 1.35. The van der Waals surface area contributed by atoms with Gasteiger partial charge in [-0.3, -0.25) is 4.79 Å². The summed E-state index contributed by atoms with van der Waals surface area (Å²) in [5.74, 6) is 0.114. The fourth-order valence-electron chi connectivity index (χ4n) is 1.11. The molecule has 1 amide bonds. The molecular formula is C8H8N4O. The number of hydrogen-bond acceptors (Lipinski definition) is 4. The number of nitrogens with zero attached hydrogens (tertiary/aromatic N) is 2. The molecule has 3 N–H and O–H groups in total. The molecule has 0 bridgehead atoms. The van der Waals surface area contributed by atoms with E-state index in [1.807, 2.05) is 0 Å². The van der Waals surface area contributed by atoms with Crippen molar-refractivity contribution in [2.24, 2.45) is 10.7 Å². The number of carbonyl (C=O) groups excluding carboxylic acids is 1. The Balaban J connectivity index is 2.48. The molecule has 0 aliphatic carbocycles. The van der Waals surface area contributed by atoms with Crippen LogP contribution in [0.2, 0.25) is 0 Å². The van der Waals surface area contributed by atoms with Crippen LogP contribution in [0.25, 0.3) is 0 Å². The Morgan fingerprint density at radius 3 is 3.23 bits per heavy atom. The highest BCUT2D eigenvalue weighted by atomic mass is 16.1. The van der Waals surface area contributed by atoms with E-state index in [2.05, 4.69) is 15.3 Å². The maximum atomic E-state index is 10.8. The molecule has 0 radical (unpaired) electrons. The third-order valence-electron chi connectivity index (χ3n) is 1.75. The molecule has 1 aliphatic rings. The maximum absolute atomic E-state index is 10.8. The molecule has 0 unspecified atom stereocenters. The Hall–Kier alpha value is -1.91. The summed E-state index contributed by atoms with van der Waals surface area (Å²) >= 11 is 0. The zero-order chi connectivity index (χ0) is 9.26. The molecule has 0 atom stereocenters. The zero-order valence-corrected chi connectivity index (χ0v) is 6.82. The summed E-state index contributed by atoms with van der Waals surface area (Å²) in [4.78, 5) is 18.8. The lowest BCUT2D eigenvalue weighted by atomic mass is 10.2. The van der Waals surface area contributed by atoms with Crippen LogP contribution in [0.5, 0.6) is 0 Å². The summed E-state index contributed by atoms with van der Waals surface area (Å²) in [5, 5.41) is 3.04. The highest BCUT2D eigenvalue weighted by Gasteiger charge is 2.09. The van der Waals surface area contributed by atoms with E-state index in [-0.39, 0.29) is 0 Å². The van der Waals surface area contributed by atoms with Crippen molar-refractivity contribution in [2.75, 3.05) is 11.9 Å². The summed E-state index contributed by atoms with van der Waals surface area (Å²) < 4.78 is 0. The van der Waals surface area contributed by atoms with Gasteiger partial charge in [0.05, 0.1) is 17.8 Å². The molecule has 0 spiro atoms. The number of aliphatic imine (C=N–C) groups is 1. The minimum Gasteiger partial charge on any atom is -0.377 e. The van der Waals surface area contributed by atoms with E-state index >= 15 is 0 Å². The third-order valence-corrected chi connectivity index (χ3v) is 1.75. The number of carbonyl (C=O) groups is 1. The number of anilines is 1. The quantitative estimate of drug-likeness (QED) is 0.646. The number of nitrogens with one attached hydrogen (secondary N) is 1. The molecule has 1 aromatic rings. The van der Waals surface area contributed by atoms with E-state index < -0.39 is 5.91 Å². The van der Waals surface area contributed by atoms with Gasteiger partial charge in [-0.15, -0.1) is 0 Å². The second-order valence-corrected chi connectivity index (χ2v) is 2.65. The number of amides is 1. The van der Waals surface area contributed by atoms with Crippen LogP contribution in [0.1, 0.15) is 10.4 Å². The van der Waals surface area contributed by atoms with E-state index in [9.17, 15) is 4.79 Å². The highest BCUT2D eigenvalue weighted by molar-refractivity contribution is 5.94. The fraction of sp³-hybridized carbons (Fsp3) is 0.125. The van der Waals surface area contributed by atoms with Crippen LogP contribution in [-0.2, 0) is 0 Å². The van der Waals surface area contributed by atoms with Crippen LogP contribution in [0.15, 0.2) is 17.3 Å². The van der Waals surface area contributed by atoms with Crippen LogP contribution in [0.3, 0.4) is 0 Å². The van der Waals surface area contributed by atoms with E-state index in [1.54, 1.807) is 12.3 Å². The molecule has 13 heavy (non-hydrogen) atoms. The molecule has 5 heteroatoms. The average Bonchev–Trinajstić information content (AvgIpc) is 2.17. The Labute approximate surface area is 74.7 Å². The van der Waals surface area contributed by atoms with Crippen molar-refractivity contribution in [2.45, 2.75) is 0 Å². The number of pyridine rings is 1. The van der Waals surface area contributed by atoms with Crippen LogP contribution in [-0.4, -0.2) is 23.7 Å². The van der Waals surface area contributed by atoms with Crippen LogP contribution in [0.4, 0.5) is 11.5 Å². The van der Waals surface area contributed by atoms with Crippen molar-refractivity contribution in [3.05, 3.63) is 17.8 Å². The summed E-state index contributed by atoms with van der Waals surface area (Å²) in [7, 11) is 0. The van der Waals surface area contributed by atoms with Crippen molar-refractivity contribution in [3.8, 4) is 0 Å². The smallest absolute Gasteiger partial charge is 0.250 e. The Morgan fingerprint density at radius 1 is 1.62 bits per heavy atom. The van der Waals surface area contributed by atoms with Gasteiger partial charge < -0.3 is 11.1 Å². The molecule has 0 saturated heterocycles. The summed E-state index contributed by atoms with van der Waals surface area (Å²) in [6, 6.07) is 1.65. The van der Waals surface area contributed by atoms with Gasteiger partial charge in [-0.25, -0.2) is 9.98 Å². The zero-order valence-electron chi connectivity index (χ0n) is 6.82. The van der Waals surface area contributed by atoms with Crippen LogP contribution < -0.4 is 11.1 Å². The minimum atomic E-state index is -0.480. The first kappa shape index (κ1) is 7.72. The summed E-state index contributed by atoms with van der Waals surface area (Å²) in [6.45, 7) is 0.650. The predicted molar refractivity (Wildman–Crippen MR) is 49.4 cm³/mol. The minimum absolute atomic E-state index is 0.392. The van der Waals surface area contributed by atoms with Gasteiger partial charge in [0.1, 0.15) is 0 Å². The number of nitrogens with two attached hydrogens (primary N) is 1. The van der Waals surface area contributed by atoms with Crippen molar-refractivity contribution < 1.29 is 4.79 Å². The maximum Gasteiger partial charge on any atom is 0.250 e. The van der Waals surface area contributed by atoms with E-state index in [4.69, 9.17) is 5.73 Å². The Bertz CT molecular complexity index is 386. The Morgan fingerprint density at radius 2 is 2.46 bits per heavy atom. The van der Waals surface area contributed by atoms with Crippen molar-refractivity contribution >= 4 is 23.6 Å². The topological polar surface area (TPSA) is 80.4 Å². The van der Waals surface area contributed by atoms with E-state index in [1.165, 1.54) is 6.20 Å². The molecule has 66 valence electrons. The number of primary amides is 1. The first-order valence-electron chi connectivity index (χ1n) is 3.83. The van der Waals surface area contributed by atoms with Gasteiger partial charge in [-0.05, 0) is 6.07 Å². The normalized spacial score (nSPS) is 13.2. The summed E-state index contributed by atoms with van der Waals surface area (Å²) in [5.41, 5.74) is 6.24. The predicted octanol–water partition coefficient (Wildman–Crippen LogP) is 0.308. The van der Waals surface area contributed by atoms with Gasteiger partial charge in [-0.1, -0.05) is 0 Å². The van der Waals surface area contributed by atoms with Crippen molar-refractivity contribution in [1.82, 2.24) is 4.98 Å². The van der Waals surface area contributed by atoms with Crippen molar-refractivity contribution in [3.63, 3.8) is 0 Å². The van der Waals surface area contributed by atoms with Crippen molar-refractivity contribution in [1.29, 1.82) is 0 Å². The molecule has 0 saturated carbocycles. The largest absolute Gasteiger partial charge is 0.377 e. The first-order valence-corrected chi connectivity index (χ1v) is 3.83. The van der Waals surface area contributed by atoms with Crippen LogP contribution in [0, 0.1) is 0 Å². The van der Waals surface area contributed by atoms with Gasteiger partial charge in [0, 0.05) is 12.4 Å². The molecule has 1 aromatic heterocycles. The average molecular weight is 176 g/mol.